The van der Waals surface area contributed by atoms with Crippen molar-refractivity contribution < 1.29 is 9.90 Å². The quantitative estimate of drug-likeness (QED) is 0.847. The summed E-state index contributed by atoms with van der Waals surface area (Å²) in [6, 6.07) is 5.40. The summed E-state index contributed by atoms with van der Waals surface area (Å²) in [4.78, 5) is 14.9. The van der Waals surface area contributed by atoms with Gasteiger partial charge in [0, 0.05) is 17.1 Å². The standard InChI is InChI=1S/C11H9BrClN3O2S/c1-16-11(19-5-9(17)18)14-10(15-16)7-4-6(12)2-3-8(7)13/h2-4H,5H2,1H3,(H,17,18). The second-order valence-corrected chi connectivity index (χ2v) is 5.91. The Morgan fingerprint density at radius 3 is 3.00 bits per heavy atom. The van der Waals surface area contributed by atoms with Crippen LogP contribution < -0.4 is 0 Å². The number of aliphatic carboxylic acids is 1. The van der Waals surface area contributed by atoms with Crippen molar-refractivity contribution in [1.82, 2.24) is 14.8 Å². The minimum Gasteiger partial charge on any atom is -0.481 e. The molecule has 2 rings (SSSR count). The van der Waals surface area contributed by atoms with E-state index in [1.165, 1.54) is 0 Å². The Morgan fingerprint density at radius 1 is 1.58 bits per heavy atom. The monoisotopic (exact) mass is 361 g/mol. The van der Waals surface area contributed by atoms with Gasteiger partial charge in [-0.1, -0.05) is 39.3 Å². The fraction of sp³-hybridized carbons (Fsp3) is 0.182. The van der Waals surface area contributed by atoms with Crippen molar-refractivity contribution in [3.63, 3.8) is 0 Å². The summed E-state index contributed by atoms with van der Waals surface area (Å²) in [5.41, 5.74) is 0.703. The van der Waals surface area contributed by atoms with Crippen molar-refractivity contribution in [2.75, 3.05) is 5.75 Å². The predicted molar refractivity (Wildman–Crippen MR) is 77.5 cm³/mol. The molecule has 0 fully saturated rings. The molecule has 2 aromatic rings. The van der Waals surface area contributed by atoms with Crippen molar-refractivity contribution in [1.29, 1.82) is 0 Å². The molecule has 1 aromatic heterocycles. The van der Waals surface area contributed by atoms with Gasteiger partial charge in [-0.2, -0.15) is 5.10 Å². The Kier molecular flexibility index (Phi) is 4.49. The van der Waals surface area contributed by atoms with Gasteiger partial charge in [-0.05, 0) is 18.2 Å². The Hall–Kier alpha value is -1.05. The predicted octanol–water partition coefficient (Wildman–Crippen LogP) is 3.07. The van der Waals surface area contributed by atoms with Gasteiger partial charge in [0.2, 0.25) is 0 Å². The molecule has 8 heteroatoms. The second kappa shape index (κ2) is 5.94. The summed E-state index contributed by atoms with van der Waals surface area (Å²) in [7, 11) is 1.71. The Bertz CT molecular complexity index is 632. The molecule has 0 bridgehead atoms. The summed E-state index contributed by atoms with van der Waals surface area (Å²) < 4.78 is 2.42. The lowest BCUT2D eigenvalue weighted by molar-refractivity contribution is -0.133. The van der Waals surface area contributed by atoms with Crippen molar-refractivity contribution in [3.8, 4) is 11.4 Å². The maximum atomic E-state index is 10.6. The first-order valence-electron chi connectivity index (χ1n) is 5.18. The van der Waals surface area contributed by atoms with Crippen molar-refractivity contribution in [2.45, 2.75) is 5.16 Å². The first kappa shape index (κ1) is 14.4. The van der Waals surface area contributed by atoms with E-state index in [4.69, 9.17) is 16.7 Å². The number of hydrogen-bond acceptors (Lipinski definition) is 4. The molecule has 0 spiro atoms. The zero-order chi connectivity index (χ0) is 14.0. The molecule has 100 valence electrons. The lowest BCUT2D eigenvalue weighted by Gasteiger charge is -1.99. The minimum atomic E-state index is -0.893. The lowest BCUT2D eigenvalue weighted by atomic mass is 10.2. The number of benzene rings is 1. The number of halogens is 2. The molecular formula is C11H9BrClN3O2S. The van der Waals surface area contributed by atoms with Gasteiger partial charge in [0.05, 0.1) is 10.8 Å². The number of carboxylic acid groups (broad SMARTS) is 1. The Labute approximate surface area is 127 Å². The van der Waals surface area contributed by atoms with Crippen LogP contribution in [0.4, 0.5) is 0 Å². The van der Waals surface area contributed by atoms with Crippen LogP contribution in [-0.2, 0) is 11.8 Å². The number of carbonyl (C=O) groups is 1. The summed E-state index contributed by atoms with van der Waals surface area (Å²) in [6.45, 7) is 0. The smallest absolute Gasteiger partial charge is 0.313 e. The van der Waals surface area contributed by atoms with Crippen LogP contribution in [0.3, 0.4) is 0 Å². The molecule has 5 nitrogen and oxygen atoms in total. The summed E-state index contributed by atoms with van der Waals surface area (Å²) in [5, 5.41) is 14.0. The fourth-order valence-corrected chi connectivity index (χ4v) is 2.60. The van der Waals surface area contributed by atoms with Gasteiger partial charge < -0.3 is 5.11 Å². The van der Waals surface area contributed by atoms with Crippen molar-refractivity contribution in [2.24, 2.45) is 7.05 Å². The number of aromatic nitrogens is 3. The molecule has 19 heavy (non-hydrogen) atoms. The third-order valence-electron chi connectivity index (χ3n) is 2.22. The molecular weight excluding hydrogens is 354 g/mol. The van der Waals surface area contributed by atoms with Crippen LogP contribution >= 0.6 is 39.3 Å². The highest BCUT2D eigenvalue weighted by molar-refractivity contribution is 9.10. The number of thioether (sulfide) groups is 1. The van der Waals surface area contributed by atoms with Gasteiger partial charge >= 0.3 is 5.97 Å². The molecule has 1 aromatic carbocycles. The number of rotatable bonds is 4. The van der Waals surface area contributed by atoms with E-state index < -0.39 is 5.97 Å². The number of nitrogens with zero attached hydrogens (tertiary/aromatic N) is 3. The molecule has 0 aliphatic rings. The highest BCUT2D eigenvalue weighted by atomic mass is 79.9. The SMILES string of the molecule is Cn1nc(-c2cc(Br)ccc2Cl)nc1SCC(=O)O. The first-order chi connectivity index (χ1) is 8.97. The van der Waals surface area contributed by atoms with Crippen molar-refractivity contribution in [3.05, 3.63) is 27.7 Å². The third-order valence-corrected chi connectivity index (χ3v) is 4.04. The summed E-state index contributed by atoms with van der Waals surface area (Å²) >= 11 is 10.6. The molecule has 1 N–H and O–H groups in total. The topological polar surface area (TPSA) is 68.0 Å². The molecule has 0 aliphatic heterocycles. The van der Waals surface area contributed by atoms with Gasteiger partial charge in [-0.15, -0.1) is 0 Å². The van der Waals surface area contributed by atoms with Crippen LogP contribution in [0.5, 0.6) is 0 Å². The number of aryl methyl sites for hydroxylation is 1. The van der Waals surface area contributed by atoms with Crippen LogP contribution in [0, 0.1) is 0 Å². The van der Waals surface area contributed by atoms with E-state index >= 15 is 0 Å². The molecule has 0 aliphatic carbocycles. The molecule has 1 heterocycles. The van der Waals surface area contributed by atoms with Crippen LogP contribution in [-0.4, -0.2) is 31.6 Å². The van der Waals surface area contributed by atoms with Crippen molar-refractivity contribution >= 4 is 45.3 Å². The lowest BCUT2D eigenvalue weighted by Crippen LogP contribution is -2.00. The summed E-state index contributed by atoms with van der Waals surface area (Å²) in [6.07, 6.45) is 0. The van der Waals surface area contributed by atoms with Crippen LogP contribution in [0.25, 0.3) is 11.4 Å². The Morgan fingerprint density at radius 2 is 2.32 bits per heavy atom. The Balaban J connectivity index is 2.33. The average Bonchev–Trinajstić information content (AvgIpc) is 2.71. The molecule has 0 unspecified atom stereocenters. The second-order valence-electron chi connectivity index (χ2n) is 3.65. The zero-order valence-electron chi connectivity index (χ0n) is 9.80. The van der Waals surface area contributed by atoms with Crippen LogP contribution in [0.1, 0.15) is 0 Å². The largest absolute Gasteiger partial charge is 0.481 e. The zero-order valence-corrected chi connectivity index (χ0v) is 13.0. The average molecular weight is 363 g/mol. The number of hydrogen-bond donors (Lipinski definition) is 1. The molecule has 0 radical (unpaired) electrons. The van der Waals surface area contributed by atoms with Crippen LogP contribution in [0.15, 0.2) is 27.8 Å². The van der Waals surface area contributed by atoms with Gasteiger partial charge in [-0.25, -0.2) is 9.67 Å². The van der Waals surface area contributed by atoms with E-state index in [0.717, 1.165) is 16.2 Å². The molecule has 0 saturated heterocycles. The normalized spacial score (nSPS) is 10.7. The van der Waals surface area contributed by atoms with E-state index in [0.29, 0.717) is 21.6 Å². The fourth-order valence-electron chi connectivity index (χ4n) is 1.41. The van der Waals surface area contributed by atoms with Gasteiger partial charge in [0.25, 0.3) is 0 Å². The summed E-state index contributed by atoms with van der Waals surface area (Å²) in [5.74, 6) is -0.477. The van der Waals surface area contributed by atoms with E-state index in [1.54, 1.807) is 17.8 Å². The minimum absolute atomic E-state index is 0.0574. The van der Waals surface area contributed by atoms with E-state index in [2.05, 4.69) is 26.0 Å². The van der Waals surface area contributed by atoms with E-state index in [1.807, 2.05) is 12.1 Å². The van der Waals surface area contributed by atoms with Gasteiger partial charge in [-0.3, -0.25) is 4.79 Å². The maximum absolute atomic E-state index is 10.6. The van der Waals surface area contributed by atoms with E-state index in [9.17, 15) is 4.79 Å². The van der Waals surface area contributed by atoms with Gasteiger partial charge in [0.1, 0.15) is 0 Å². The first-order valence-corrected chi connectivity index (χ1v) is 7.34. The number of carboxylic acids is 1. The van der Waals surface area contributed by atoms with E-state index in [-0.39, 0.29) is 5.75 Å². The third kappa shape index (κ3) is 3.49. The van der Waals surface area contributed by atoms with Crippen LogP contribution in [0.2, 0.25) is 5.02 Å². The van der Waals surface area contributed by atoms with Gasteiger partial charge in [0.15, 0.2) is 11.0 Å². The highest BCUT2D eigenvalue weighted by Gasteiger charge is 2.14. The molecule has 0 atom stereocenters. The highest BCUT2D eigenvalue weighted by Crippen LogP contribution is 2.29. The maximum Gasteiger partial charge on any atom is 0.313 e. The molecule has 0 amide bonds. The molecule has 0 saturated carbocycles.